The van der Waals surface area contributed by atoms with E-state index in [1.165, 1.54) is 21.7 Å². The topological polar surface area (TPSA) is 106 Å². The third-order valence-corrected chi connectivity index (χ3v) is 9.40. The molecule has 0 unspecified atom stereocenters. The van der Waals surface area contributed by atoms with Crippen molar-refractivity contribution in [3.05, 3.63) is 40.8 Å². The van der Waals surface area contributed by atoms with E-state index in [0.717, 1.165) is 46.4 Å². The number of amides is 1. The quantitative estimate of drug-likeness (QED) is 0.505. The maximum atomic E-state index is 12.7. The van der Waals surface area contributed by atoms with Gasteiger partial charge in [-0.25, -0.2) is 13.4 Å². The second-order valence-electron chi connectivity index (χ2n) is 7.56. The van der Waals surface area contributed by atoms with Gasteiger partial charge in [-0.15, -0.1) is 11.3 Å². The molecule has 11 heteroatoms. The first-order chi connectivity index (χ1) is 15.3. The molecule has 3 heterocycles. The highest BCUT2D eigenvalue weighted by atomic mass is 32.2. The summed E-state index contributed by atoms with van der Waals surface area (Å²) >= 11 is 2.41. The number of nitrogens with zero attached hydrogens (tertiary/aromatic N) is 2. The van der Waals surface area contributed by atoms with Crippen LogP contribution >= 0.6 is 22.7 Å². The molecular formula is C21H23N3O5S3. The predicted molar refractivity (Wildman–Crippen MR) is 125 cm³/mol. The van der Waals surface area contributed by atoms with Crippen LogP contribution in [0.2, 0.25) is 0 Å². The van der Waals surface area contributed by atoms with Gasteiger partial charge in [0.15, 0.2) is 11.7 Å². The minimum absolute atomic E-state index is 0.0894. The number of hydrogen-bond acceptors (Lipinski definition) is 8. The number of nitrogens with one attached hydrogen (secondary N) is 1. The molecule has 1 aliphatic heterocycles. The molecule has 1 saturated heterocycles. The van der Waals surface area contributed by atoms with Crippen molar-refractivity contribution in [1.29, 1.82) is 0 Å². The van der Waals surface area contributed by atoms with E-state index < -0.39 is 28.5 Å². The number of hydrogen-bond donors (Lipinski definition) is 1. The van der Waals surface area contributed by atoms with Crippen molar-refractivity contribution < 1.29 is 22.7 Å². The molecule has 1 N–H and O–H groups in total. The van der Waals surface area contributed by atoms with Crippen LogP contribution in [0.5, 0.6) is 0 Å². The molecule has 2 aromatic heterocycles. The maximum Gasteiger partial charge on any atom is 0.311 e. The Bertz CT molecular complexity index is 1240. The van der Waals surface area contributed by atoms with Crippen LogP contribution in [0.3, 0.4) is 0 Å². The molecule has 1 aliphatic rings. The van der Waals surface area contributed by atoms with Crippen molar-refractivity contribution in [1.82, 2.24) is 9.29 Å². The summed E-state index contributed by atoms with van der Waals surface area (Å²) in [6.45, 7) is 2.61. The molecule has 170 valence electrons. The van der Waals surface area contributed by atoms with Crippen molar-refractivity contribution in [2.24, 2.45) is 0 Å². The Labute approximate surface area is 194 Å². The fourth-order valence-electron chi connectivity index (χ4n) is 3.40. The summed E-state index contributed by atoms with van der Waals surface area (Å²) in [5, 5.41) is 3.08. The standard InChI is InChI=1S/C21H23N3O5S3/c1-14-5-7-16-17(11-14)31-21(22-16)23-18(25)13-29-19(26)12-15-6-8-20(30-15)32(27,28)24-9-3-2-4-10-24/h5-8,11H,2-4,9-10,12-13H2,1H3,(H,22,23,25). The summed E-state index contributed by atoms with van der Waals surface area (Å²) in [5.41, 5.74) is 1.90. The summed E-state index contributed by atoms with van der Waals surface area (Å²) in [6, 6.07) is 8.97. The number of anilines is 1. The zero-order valence-electron chi connectivity index (χ0n) is 17.5. The van der Waals surface area contributed by atoms with Gasteiger partial charge in [-0.05, 0) is 49.6 Å². The van der Waals surface area contributed by atoms with Crippen molar-refractivity contribution in [2.45, 2.75) is 36.8 Å². The number of ether oxygens (including phenoxy) is 1. The number of carbonyl (C=O) groups is 2. The average Bonchev–Trinajstić information content (AvgIpc) is 3.39. The number of benzene rings is 1. The Balaban J connectivity index is 1.28. The van der Waals surface area contributed by atoms with Gasteiger partial charge in [0.2, 0.25) is 0 Å². The lowest BCUT2D eigenvalue weighted by Gasteiger charge is -2.25. The molecule has 0 saturated carbocycles. The lowest BCUT2D eigenvalue weighted by molar-refractivity contribution is -0.146. The Morgan fingerprint density at radius 3 is 2.69 bits per heavy atom. The molecule has 0 radical (unpaired) electrons. The lowest BCUT2D eigenvalue weighted by atomic mass is 10.2. The third-order valence-electron chi connectivity index (χ3n) is 5.02. The molecule has 8 nitrogen and oxygen atoms in total. The van der Waals surface area contributed by atoms with Crippen LogP contribution in [-0.4, -0.2) is 49.3 Å². The second-order valence-corrected chi connectivity index (χ2v) is 11.9. The lowest BCUT2D eigenvalue weighted by Crippen LogP contribution is -2.35. The van der Waals surface area contributed by atoms with E-state index in [4.69, 9.17) is 4.74 Å². The summed E-state index contributed by atoms with van der Waals surface area (Å²) in [4.78, 5) is 29.2. The van der Waals surface area contributed by atoms with E-state index in [1.54, 1.807) is 6.07 Å². The number of piperidine rings is 1. The van der Waals surface area contributed by atoms with Gasteiger partial charge in [0.25, 0.3) is 15.9 Å². The molecule has 0 aliphatic carbocycles. The van der Waals surface area contributed by atoms with Crippen molar-refractivity contribution >= 4 is 59.9 Å². The highest BCUT2D eigenvalue weighted by Crippen LogP contribution is 2.28. The first-order valence-corrected chi connectivity index (χ1v) is 13.3. The highest BCUT2D eigenvalue weighted by Gasteiger charge is 2.27. The van der Waals surface area contributed by atoms with Gasteiger partial charge in [-0.1, -0.05) is 23.8 Å². The third kappa shape index (κ3) is 5.34. The van der Waals surface area contributed by atoms with E-state index >= 15 is 0 Å². The van der Waals surface area contributed by atoms with Crippen molar-refractivity contribution in [3.8, 4) is 0 Å². The number of esters is 1. The van der Waals surface area contributed by atoms with E-state index in [2.05, 4.69) is 10.3 Å². The highest BCUT2D eigenvalue weighted by molar-refractivity contribution is 7.91. The van der Waals surface area contributed by atoms with Gasteiger partial charge in [0.05, 0.1) is 16.6 Å². The summed E-state index contributed by atoms with van der Waals surface area (Å²) in [5.74, 6) is -1.07. The number of sulfonamides is 1. The van der Waals surface area contributed by atoms with Crippen molar-refractivity contribution in [2.75, 3.05) is 25.0 Å². The monoisotopic (exact) mass is 493 g/mol. The van der Waals surface area contributed by atoms with Crippen LogP contribution in [0.1, 0.15) is 29.7 Å². The van der Waals surface area contributed by atoms with E-state index in [0.29, 0.717) is 23.1 Å². The molecule has 1 amide bonds. The first-order valence-electron chi connectivity index (χ1n) is 10.2. The molecule has 1 aromatic carbocycles. The Hall–Kier alpha value is -2.34. The van der Waals surface area contributed by atoms with Crippen LogP contribution in [0.15, 0.2) is 34.5 Å². The summed E-state index contributed by atoms with van der Waals surface area (Å²) in [7, 11) is -3.52. The fraction of sp³-hybridized carbons (Fsp3) is 0.381. The molecule has 32 heavy (non-hydrogen) atoms. The van der Waals surface area contributed by atoms with E-state index in [1.807, 2.05) is 25.1 Å². The Kier molecular flexibility index (Phi) is 6.89. The van der Waals surface area contributed by atoms with Gasteiger partial charge in [0, 0.05) is 18.0 Å². The normalized spacial score (nSPS) is 15.0. The van der Waals surface area contributed by atoms with Gasteiger partial charge in [-0.3, -0.25) is 14.9 Å². The zero-order valence-corrected chi connectivity index (χ0v) is 19.9. The summed E-state index contributed by atoms with van der Waals surface area (Å²) < 4.78 is 33.2. The maximum absolute atomic E-state index is 12.7. The molecule has 0 atom stereocenters. The van der Waals surface area contributed by atoms with Gasteiger partial charge < -0.3 is 4.74 Å². The average molecular weight is 494 g/mol. The van der Waals surface area contributed by atoms with Crippen LogP contribution in [-0.2, 0) is 30.8 Å². The van der Waals surface area contributed by atoms with Gasteiger partial charge in [-0.2, -0.15) is 4.31 Å². The fourth-order valence-corrected chi connectivity index (χ4v) is 7.40. The number of carbonyl (C=O) groups excluding carboxylic acids is 2. The van der Waals surface area contributed by atoms with Crippen LogP contribution in [0, 0.1) is 6.92 Å². The number of aryl methyl sites for hydroxylation is 1. The SMILES string of the molecule is Cc1ccc2nc(NC(=O)COC(=O)Cc3ccc(S(=O)(=O)N4CCCCC4)s3)sc2c1. The number of thiophene rings is 1. The van der Waals surface area contributed by atoms with Gasteiger partial charge >= 0.3 is 5.97 Å². The minimum Gasteiger partial charge on any atom is -0.455 e. The smallest absolute Gasteiger partial charge is 0.311 e. The molecule has 3 aromatic rings. The number of fused-ring (bicyclic) bond motifs is 1. The number of thiazole rings is 1. The molecule has 4 rings (SSSR count). The molecule has 0 spiro atoms. The Morgan fingerprint density at radius 2 is 1.91 bits per heavy atom. The van der Waals surface area contributed by atoms with Crippen LogP contribution in [0.25, 0.3) is 10.2 Å². The van der Waals surface area contributed by atoms with Crippen LogP contribution in [0.4, 0.5) is 5.13 Å². The first kappa shape index (κ1) is 22.8. The number of rotatable bonds is 7. The van der Waals surface area contributed by atoms with E-state index in [-0.39, 0.29) is 10.6 Å². The minimum atomic E-state index is -3.52. The molecule has 1 fully saturated rings. The second kappa shape index (κ2) is 9.65. The van der Waals surface area contributed by atoms with Crippen LogP contribution < -0.4 is 5.32 Å². The van der Waals surface area contributed by atoms with E-state index in [9.17, 15) is 18.0 Å². The Morgan fingerprint density at radius 1 is 1.12 bits per heavy atom. The van der Waals surface area contributed by atoms with Crippen molar-refractivity contribution in [3.63, 3.8) is 0 Å². The largest absolute Gasteiger partial charge is 0.455 e. The zero-order chi connectivity index (χ0) is 22.7. The predicted octanol–water partition coefficient (Wildman–Crippen LogP) is 3.57. The van der Waals surface area contributed by atoms with Gasteiger partial charge in [0.1, 0.15) is 4.21 Å². The molecular weight excluding hydrogens is 470 g/mol. The summed E-state index contributed by atoms with van der Waals surface area (Å²) in [6.07, 6.45) is 2.68. The number of aromatic nitrogens is 1. The molecule has 0 bridgehead atoms.